The Bertz CT molecular complexity index is 2430. The van der Waals surface area contributed by atoms with Crippen LogP contribution in [-0.2, 0) is 65.1 Å². The first-order chi connectivity index (χ1) is 27.5. The molecule has 0 spiro atoms. The lowest BCUT2D eigenvalue weighted by molar-refractivity contribution is -0.438. The number of hydrogen-bond acceptors (Lipinski definition) is 14. The minimum Gasteiger partial charge on any atom is -0.744 e. The van der Waals surface area contributed by atoms with E-state index in [0.717, 1.165) is 5.70 Å². The zero-order valence-electron chi connectivity index (χ0n) is 33.2. The van der Waals surface area contributed by atoms with E-state index in [9.17, 15) is 53.3 Å². The van der Waals surface area contributed by atoms with Crippen molar-refractivity contribution >= 4 is 65.2 Å². The Morgan fingerprint density at radius 1 is 0.881 bits per heavy atom. The largest absolute Gasteiger partial charge is 0.744 e. The predicted molar refractivity (Wildman–Crippen MR) is 211 cm³/mol. The van der Waals surface area contributed by atoms with Crippen LogP contribution in [0.2, 0.25) is 0 Å². The molecule has 1 saturated heterocycles. The summed E-state index contributed by atoms with van der Waals surface area (Å²) in [5.74, 6) is -2.48. The Balaban J connectivity index is 1.54. The summed E-state index contributed by atoms with van der Waals surface area (Å²) in [4.78, 5) is 42.2. The van der Waals surface area contributed by atoms with E-state index in [2.05, 4.69) is 0 Å². The van der Waals surface area contributed by atoms with E-state index >= 15 is 0 Å². The van der Waals surface area contributed by atoms with Crippen LogP contribution in [0.4, 0.5) is 11.4 Å². The summed E-state index contributed by atoms with van der Waals surface area (Å²) in [5.41, 5.74) is 1.82. The number of benzene rings is 2. The van der Waals surface area contributed by atoms with Crippen LogP contribution in [-0.4, -0.2) is 105 Å². The zero-order chi connectivity index (χ0) is 43.6. The third kappa shape index (κ3) is 10.0. The number of carbonyl (C=O) groups excluding carboxylic acids is 3. The molecule has 20 heteroatoms. The number of allylic oxidation sites excluding steroid dienone is 4. The summed E-state index contributed by atoms with van der Waals surface area (Å²) in [7, 11) is -12.5. The number of likely N-dealkylation sites (N-methyl/N-ethyl adjacent to an activating group) is 1. The summed E-state index contributed by atoms with van der Waals surface area (Å²) in [6.07, 6.45) is 7.10. The molecule has 2 unspecified atom stereocenters. The molecule has 3 heterocycles. The topological polar surface area (TPSA) is 248 Å². The van der Waals surface area contributed by atoms with Gasteiger partial charge < -0.3 is 23.6 Å². The zero-order valence-corrected chi connectivity index (χ0v) is 35.7. The van der Waals surface area contributed by atoms with Gasteiger partial charge in [-0.3, -0.25) is 14.1 Å². The molecule has 1 N–H and O–H groups in total. The van der Waals surface area contributed by atoms with Gasteiger partial charge in [0.1, 0.15) is 26.8 Å². The number of amides is 2. The Morgan fingerprint density at radius 2 is 1.51 bits per heavy atom. The Hall–Kier alpha value is -4.31. The average molecular weight is 879 g/mol. The number of carbonyl (C=O) groups is 3. The van der Waals surface area contributed by atoms with Crippen molar-refractivity contribution < 1.29 is 67.4 Å². The summed E-state index contributed by atoms with van der Waals surface area (Å²) >= 11 is 0. The van der Waals surface area contributed by atoms with Gasteiger partial charge in [-0.05, 0) is 94.8 Å². The van der Waals surface area contributed by atoms with Gasteiger partial charge in [-0.2, -0.15) is 13.0 Å². The quantitative estimate of drug-likeness (QED) is 0.0908. The van der Waals surface area contributed by atoms with Gasteiger partial charge in [-0.15, -0.1) is 5.06 Å². The Labute approximate surface area is 344 Å². The van der Waals surface area contributed by atoms with Crippen LogP contribution in [0, 0.1) is 0 Å². The fourth-order valence-electron chi connectivity index (χ4n) is 8.15. The smallest absolute Gasteiger partial charge is 0.333 e. The van der Waals surface area contributed by atoms with Crippen molar-refractivity contribution in [1.82, 2.24) is 5.06 Å². The molecule has 5 rings (SSSR count). The molecule has 0 radical (unpaired) electrons. The number of anilines is 1. The van der Waals surface area contributed by atoms with Gasteiger partial charge >= 0.3 is 5.97 Å². The maximum Gasteiger partial charge on any atom is 0.333 e. The summed E-state index contributed by atoms with van der Waals surface area (Å²) in [6.45, 7) is 6.73. The third-order valence-electron chi connectivity index (χ3n) is 11.2. The molecule has 3 aliphatic rings. The van der Waals surface area contributed by atoms with E-state index < -0.39 is 69.6 Å². The molecule has 17 nitrogen and oxygen atoms in total. The number of rotatable bonds is 19. The van der Waals surface area contributed by atoms with Crippen LogP contribution in [0.15, 0.2) is 70.1 Å². The second-order valence-electron chi connectivity index (χ2n) is 15.1. The molecule has 322 valence electrons. The molecule has 2 amide bonds. The highest BCUT2D eigenvalue weighted by atomic mass is 32.2. The Kier molecular flexibility index (Phi) is 13.8. The van der Waals surface area contributed by atoms with Crippen molar-refractivity contribution in [2.24, 2.45) is 0 Å². The first kappa shape index (κ1) is 45.8. The van der Waals surface area contributed by atoms with Crippen LogP contribution < -0.4 is 4.90 Å². The van der Waals surface area contributed by atoms with E-state index in [-0.39, 0.29) is 37.0 Å². The van der Waals surface area contributed by atoms with Crippen molar-refractivity contribution in [3.8, 4) is 0 Å². The lowest BCUT2D eigenvalue weighted by atomic mass is 9.75. The lowest BCUT2D eigenvalue weighted by Gasteiger charge is -2.29. The second-order valence-corrected chi connectivity index (χ2v) is 19.4. The number of unbranched alkanes of at least 4 members (excludes halogenated alkanes) is 2. The van der Waals surface area contributed by atoms with Gasteiger partial charge in [0, 0.05) is 80.4 Å². The number of methoxy groups -OCH3 is 1. The van der Waals surface area contributed by atoms with Crippen LogP contribution in [0.5, 0.6) is 0 Å². The van der Waals surface area contributed by atoms with Crippen LogP contribution in [0.3, 0.4) is 0 Å². The summed E-state index contributed by atoms with van der Waals surface area (Å²) in [5, 5.41) is 0.490. The number of ether oxygens (including phenoxy) is 1. The molecule has 0 aromatic heterocycles. The maximum absolute atomic E-state index is 12.4. The van der Waals surface area contributed by atoms with Crippen molar-refractivity contribution in [3.63, 3.8) is 0 Å². The van der Waals surface area contributed by atoms with Crippen molar-refractivity contribution in [1.29, 1.82) is 0 Å². The number of fused-ring (bicyclic) bond motifs is 2. The molecule has 2 aromatic rings. The Morgan fingerprint density at radius 3 is 2.10 bits per heavy atom. The molecule has 0 bridgehead atoms. The van der Waals surface area contributed by atoms with Crippen molar-refractivity contribution in [3.05, 3.63) is 71.5 Å². The van der Waals surface area contributed by atoms with Crippen LogP contribution in [0.1, 0.15) is 89.7 Å². The molecule has 0 saturated carbocycles. The first-order valence-electron chi connectivity index (χ1n) is 19.1. The van der Waals surface area contributed by atoms with E-state index in [1.165, 1.54) is 30.3 Å². The van der Waals surface area contributed by atoms with E-state index in [1.54, 1.807) is 32.3 Å². The maximum atomic E-state index is 12.4. The lowest BCUT2D eigenvalue weighted by Crippen LogP contribution is -2.32. The van der Waals surface area contributed by atoms with Gasteiger partial charge in [0.05, 0.1) is 21.0 Å². The normalized spacial score (nSPS) is 21.6. The SMILES string of the molecule is CCN1/C(=C/C=C/C2=[N+](CCCCCC(=O)ON3C(=O)CCC3=O)c3ccc(S(=O)(=O)[O-])cc3C2(C)CCCS(=O)(=O)O)C(C)(CCOC)c2cc(S(=O)(=O)[O-])ccc21. The third-order valence-corrected chi connectivity index (χ3v) is 13.6. The highest BCUT2D eigenvalue weighted by Gasteiger charge is 2.48. The molecule has 2 atom stereocenters. The van der Waals surface area contributed by atoms with Crippen LogP contribution in [0.25, 0.3) is 0 Å². The number of imide groups is 1. The molecule has 3 aliphatic heterocycles. The minimum absolute atomic E-state index is 0.0293. The molecule has 0 aliphatic carbocycles. The average Bonchev–Trinajstić information content (AvgIpc) is 3.68. The van der Waals surface area contributed by atoms with Gasteiger partial charge in [0.2, 0.25) is 5.69 Å². The van der Waals surface area contributed by atoms with Gasteiger partial charge in [-0.1, -0.05) is 6.08 Å². The monoisotopic (exact) mass is 878 g/mol. The highest BCUT2D eigenvalue weighted by molar-refractivity contribution is 7.86. The van der Waals surface area contributed by atoms with E-state index in [4.69, 9.17) is 9.57 Å². The molecule has 1 fully saturated rings. The molecular formula is C39H48N3O14S3-. The number of hydroxylamine groups is 2. The fraction of sp³-hybridized carbons (Fsp3) is 0.487. The number of nitrogens with zero attached hydrogens (tertiary/aromatic N) is 3. The predicted octanol–water partition coefficient (Wildman–Crippen LogP) is 3.96. The van der Waals surface area contributed by atoms with Crippen molar-refractivity contribution in [2.45, 2.75) is 99.2 Å². The highest BCUT2D eigenvalue weighted by Crippen LogP contribution is 2.51. The van der Waals surface area contributed by atoms with Gasteiger partial charge in [0.15, 0.2) is 5.71 Å². The summed E-state index contributed by atoms with van der Waals surface area (Å²) < 4.78 is 113. The van der Waals surface area contributed by atoms with E-state index in [0.29, 0.717) is 78.7 Å². The van der Waals surface area contributed by atoms with Gasteiger partial charge in [-0.25, -0.2) is 21.6 Å². The standard InChI is InChI=1S/C39H49N3O14S3/c1-5-40-31-16-14-27(58(49,50)51)25-29(31)39(3,21-23-55-4)33(40)11-9-12-34-38(2,20-10-24-57(46,47)48)30-26-28(59(52,53)54)15-17-32(30)41(34)22-8-6-7-13-37(45)56-42-35(43)18-19-36(42)44/h9,11-12,14-17,25-26H,5-8,10,13,18-24H2,1-4H3,(H2-,46,47,48,49,50,51,52,53,54)/p-1. The van der Waals surface area contributed by atoms with Crippen LogP contribution >= 0.6 is 0 Å². The summed E-state index contributed by atoms with van der Waals surface area (Å²) in [6, 6.07) is 8.26. The van der Waals surface area contributed by atoms with E-state index in [1.807, 2.05) is 29.4 Å². The molecular weight excluding hydrogens is 831 g/mol. The fourth-order valence-corrected chi connectivity index (χ4v) is 9.65. The second kappa shape index (κ2) is 17.7. The molecule has 2 aromatic carbocycles. The van der Waals surface area contributed by atoms with Crippen molar-refractivity contribution in [2.75, 3.05) is 37.5 Å². The van der Waals surface area contributed by atoms with Gasteiger partial charge in [0.25, 0.3) is 21.9 Å². The molecule has 59 heavy (non-hydrogen) atoms. The number of hydrogen-bond donors (Lipinski definition) is 1. The minimum atomic E-state index is -4.90. The first-order valence-corrected chi connectivity index (χ1v) is 23.5.